The van der Waals surface area contributed by atoms with Crippen LogP contribution in [0, 0.1) is 25.2 Å². The van der Waals surface area contributed by atoms with Crippen LogP contribution < -0.4 is 10.6 Å². The van der Waals surface area contributed by atoms with E-state index in [9.17, 15) is 19.6 Å². The van der Waals surface area contributed by atoms with Gasteiger partial charge in [-0.2, -0.15) is 5.26 Å². The quantitative estimate of drug-likeness (QED) is 0.488. The molecule has 0 aromatic heterocycles. The van der Waals surface area contributed by atoms with E-state index in [1.165, 1.54) is 4.90 Å². The molecule has 0 aliphatic rings. The van der Waals surface area contributed by atoms with Gasteiger partial charge in [-0.25, -0.2) is 4.79 Å². The van der Waals surface area contributed by atoms with Gasteiger partial charge in [0.05, 0.1) is 6.07 Å². The van der Waals surface area contributed by atoms with Crippen LogP contribution in [0.2, 0.25) is 0 Å². The molecule has 3 amide bonds. The van der Waals surface area contributed by atoms with Crippen molar-refractivity contribution >= 4 is 17.9 Å². The number of rotatable bonds is 8. The van der Waals surface area contributed by atoms with E-state index < -0.39 is 41.1 Å². The molecule has 0 saturated heterocycles. The van der Waals surface area contributed by atoms with Crippen molar-refractivity contribution < 1.29 is 19.1 Å². The van der Waals surface area contributed by atoms with Crippen molar-refractivity contribution in [2.75, 3.05) is 6.54 Å². The van der Waals surface area contributed by atoms with Crippen LogP contribution in [-0.2, 0) is 20.7 Å². The molecule has 2 atom stereocenters. The second-order valence-electron chi connectivity index (χ2n) is 11.5. The maximum Gasteiger partial charge on any atom is 0.408 e. The Labute approximate surface area is 226 Å². The lowest BCUT2D eigenvalue weighted by Gasteiger charge is -2.35. The normalized spacial score (nSPS) is 13.0. The fourth-order valence-corrected chi connectivity index (χ4v) is 4.02. The van der Waals surface area contributed by atoms with Gasteiger partial charge in [-0.1, -0.05) is 54.1 Å². The van der Waals surface area contributed by atoms with Crippen molar-refractivity contribution in [2.24, 2.45) is 0 Å². The highest BCUT2D eigenvalue weighted by Crippen LogP contribution is 2.27. The van der Waals surface area contributed by atoms with Crippen molar-refractivity contribution in [3.8, 4) is 6.07 Å². The summed E-state index contributed by atoms with van der Waals surface area (Å²) in [6, 6.07) is 14.8. The third-order valence-electron chi connectivity index (χ3n) is 5.58. The molecule has 0 fully saturated rings. The zero-order valence-electron chi connectivity index (χ0n) is 23.7. The number of ether oxygens (including phenoxy) is 1. The molecule has 2 N–H and O–H groups in total. The van der Waals surface area contributed by atoms with Crippen LogP contribution in [0.25, 0.3) is 0 Å². The second-order valence-corrected chi connectivity index (χ2v) is 11.5. The Hall–Kier alpha value is -3.86. The summed E-state index contributed by atoms with van der Waals surface area (Å²) >= 11 is 0. The van der Waals surface area contributed by atoms with Gasteiger partial charge in [-0.3, -0.25) is 9.59 Å². The molecule has 2 unspecified atom stereocenters. The number of carbonyl (C=O) groups excluding carboxylic acids is 3. The third kappa shape index (κ3) is 9.22. The van der Waals surface area contributed by atoms with E-state index in [1.54, 1.807) is 20.8 Å². The van der Waals surface area contributed by atoms with Crippen LogP contribution in [0.5, 0.6) is 0 Å². The number of alkyl carbamates (subject to hydrolysis) is 1. The van der Waals surface area contributed by atoms with E-state index in [-0.39, 0.29) is 13.0 Å². The van der Waals surface area contributed by atoms with Gasteiger partial charge in [0.1, 0.15) is 24.2 Å². The number of benzene rings is 2. The maximum absolute atomic E-state index is 14.1. The molecule has 204 valence electrons. The minimum absolute atomic E-state index is 0.154. The molecule has 0 aliphatic heterocycles. The van der Waals surface area contributed by atoms with Crippen molar-refractivity contribution in [3.05, 3.63) is 70.8 Å². The summed E-state index contributed by atoms with van der Waals surface area (Å²) in [6.07, 6.45) is -0.604. The fourth-order valence-electron chi connectivity index (χ4n) is 4.02. The summed E-state index contributed by atoms with van der Waals surface area (Å²) in [5.41, 5.74) is 1.79. The molecule has 0 aliphatic carbocycles. The lowest BCUT2D eigenvalue weighted by Crippen LogP contribution is -2.55. The SMILES string of the molecule is Cc1ccc(C)c(C(C(=O)NC(C)(C)C)N(CC#N)C(=O)C(Cc2ccccc2)NC(=O)OC(C)(C)C)c1. The van der Waals surface area contributed by atoms with E-state index in [0.29, 0.717) is 5.56 Å². The Morgan fingerprint density at radius 1 is 1.00 bits per heavy atom. The van der Waals surface area contributed by atoms with Crippen molar-refractivity contribution in [3.63, 3.8) is 0 Å². The molecule has 2 rings (SSSR count). The Bertz CT molecular complexity index is 1170. The minimum atomic E-state index is -1.08. The van der Waals surface area contributed by atoms with Gasteiger partial charge in [-0.05, 0) is 72.1 Å². The molecule has 2 aromatic rings. The Morgan fingerprint density at radius 2 is 1.63 bits per heavy atom. The van der Waals surface area contributed by atoms with E-state index in [2.05, 4.69) is 10.6 Å². The topological polar surface area (TPSA) is 112 Å². The first-order chi connectivity index (χ1) is 17.6. The highest BCUT2D eigenvalue weighted by molar-refractivity contribution is 5.93. The largest absolute Gasteiger partial charge is 0.444 e. The van der Waals surface area contributed by atoms with Gasteiger partial charge in [-0.15, -0.1) is 0 Å². The molecule has 0 heterocycles. The predicted molar refractivity (Wildman–Crippen MR) is 147 cm³/mol. The maximum atomic E-state index is 14.1. The first-order valence-electron chi connectivity index (χ1n) is 12.7. The van der Waals surface area contributed by atoms with Gasteiger partial charge in [0.15, 0.2) is 0 Å². The van der Waals surface area contributed by atoms with Crippen LogP contribution in [0.4, 0.5) is 4.79 Å². The molecule has 2 aromatic carbocycles. The highest BCUT2D eigenvalue weighted by Gasteiger charge is 2.38. The van der Waals surface area contributed by atoms with Crippen molar-refractivity contribution in [1.29, 1.82) is 5.26 Å². The van der Waals surface area contributed by atoms with Crippen LogP contribution in [0.15, 0.2) is 48.5 Å². The molecular weight excluding hydrogens is 480 g/mol. The van der Waals surface area contributed by atoms with Gasteiger partial charge in [0.2, 0.25) is 11.8 Å². The molecule has 0 bridgehead atoms. The number of nitrogens with zero attached hydrogens (tertiary/aromatic N) is 2. The molecule has 0 radical (unpaired) electrons. The number of carbonyl (C=O) groups is 3. The van der Waals surface area contributed by atoms with Gasteiger partial charge >= 0.3 is 6.09 Å². The number of nitriles is 1. The molecule has 8 heteroatoms. The highest BCUT2D eigenvalue weighted by atomic mass is 16.6. The minimum Gasteiger partial charge on any atom is -0.444 e. The summed E-state index contributed by atoms with van der Waals surface area (Å²) in [5.74, 6) is -0.971. The fraction of sp³-hybridized carbons (Fsp3) is 0.467. The number of nitrogens with one attached hydrogen (secondary N) is 2. The van der Waals surface area contributed by atoms with E-state index in [0.717, 1.165) is 16.7 Å². The Balaban J connectivity index is 2.60. The number of hydrogen-bond acceptors (Lipinski definition) is 5. The zero-order chi connectivity index (χ0) is 28.7. The molecule has 8 nitrogen and oxygen atoms in total. The lowest BCUT2D eigenvalue weighted by molar-refractivity contribution is -0.142. The standard InChI is InChI=1S/C30H40N4O4/c1-20-14-15-21(2)23(18-20)25(26(35)33-29(3,4)5)34(17-16-31)27(36)24(19-22-12-10-9-11-13-22)32-28(37)38-30(6,7)8/h9-15,18,24-25H,17,19H2,1-8H3,(H,32,37)(H,33,35). The summed E-state index contributed by atoms with van der Waals surface area (Å²) in [4.78, 5) is 41.9. The Kier molecular flexibility index (Phi) is 10.1. The van der Waals surface area contributed by atoms with Crippen molar-refractivity contribution in [2.45, 2.75) is 85.0 Å². The Morgan fingerprint density at radius 3 is 2.18 bits per heavy atom. The number of aryl methyl sites for hydroxylation is 2. The van der Waals surface area contributed by atoms with E-state index >= 15 is 0 Å². The number of hydrogen-bond donors (Lipinski definition) is 2. The molecular formula is C30H40N4O4. The average molecular weight is 521 g/mol. The van der Waals surface area contributed by atoms with E-state index in [1.807, 2.05) is 89.2 Å². The van der Waals surface area contributed by atoms with Crippen LogP contribution in [0.1, 0.15) is 69.8 Å². The predicted octanol–water partition coefficient (Wildman–Crippen LogP) is 4.75. The molecule has 38 heavy (non-hydrogen) atoms. The van der Waals surface area contributed by atoms with Gasteiger partial charge in [0.25, 0.3) is 0 Å². The average Bonchev–Trinajstić information content (AvgIpc) is 2.78. The summed E-state index contributed by atoms with van der Waals surface area (Å²) < 4.78 is 5.42. The van der Waals surface area contributed by atoms with Crippen LogP contribution in [-0.4, -0.2) is 46.5 Å². The smallest absolute Gasteiger partial charge is 0.408 e. The zero-order valence-corrected chi connectivity index (χ0v) is 23.7. The second kappa shape index (κ2) is 12.6. The first-order valence-corrected chi connectivity index (χ1v) is 12.7. The van der Waals surface area contributed by atoms with Crippen LogP contribution >= 0.6 is 0 Å². The summed E-state index contributed by atoms with van der Waals surface area (Å²) in [6.45, 7) is 14.2. The van der Waals surface area contributed by atoms with Gasteiger partial charge in [0, 0.05) is 12.0 Å². The molecule has 0 saturated carbocycles. The van der Waals surface area contributed by atoms with Crippen LogP contribution in [0.3, 0.4) is 0 Å². The first kappa shape index (κ1) is 30.4. The molecule has 0 spiro atoms. The van der Waals surface area contributed by atoms with Crippen molar-refractivity contribution in [1.82, 2.24) is 15.5 Å². The summed E-state index contributed by atoms with van der Waals surface area (Å²) in [7, 11) is 0. The van der Waals surface area contributed by atoms with Gasteiger partial charge < -0.3 is 20.3 Å². The number of amides is 3. The van der Waals surface area contributed by atoms with E-state index in [4.69, 9.17) is 4.74 Å². The third-order valence-corrected chi connectivity index (χ3v) is 5.58. The lowest BCUT2D eigenvalue weighted by atomic mass is 9.94. The monoisotopic (exact) mass is 520 g/mol. The summed E-state index contributed by atoms with van der Waals surface area (Å²) in [5, 5.41) is 15.4.